The van der Waals surface area contributed by atoms with E-state index in [1.165, 1.54) is 47.3 Å². The second kappa shape index (κ2) is 11.2. The second-order valence-electron chi connectivity index (χ2n) is 12.5. The molecule has 0 radical (unpaired) electrons. The highest BCUT2D eigenvalue weighted by Crippen LogP contribution is 2.44. The number of hydrogen-bond donors (Lipinski definition) is 0. The Labute approximate surface area is 287 Å². The van der Waals surface area contributed by atoms with Gasteiger partial charge in [-0.3, -0.25) is 0 Å². The minimum atomic E-state index is 0.725. The van der Waals surface area contributed by atoms with Gasteiger partial charge in [0.05, 0.1) is 11.4 Å². The fourth-order valence-corrected chi connectivity index (χ4v) is 8.65. The van der Waals surface area contributed by atoms with Crippen molar-refractivity contribution < 1.29 is 0 Å². The summed E-state index contributed by atoms with van der Waals surface area (Å²) < 4.78 is 2.59. The van der Waals surface area contributed by atoms with Crippen molar-refractivity contribution in [1.82, 2.24) is 9.97 Å². The minimum absolute atomic E-state index is 0.725. The molecule has 0 aliphatic carbocycles. The van der Waals surface area contributed by atoms with E-state index in [1.807, 2.05) is 11.3 Å². The summed E-state index contributed by atoms with van der Waals surface area (Å²) >= 11 is 1.86. The fourth-order valence-electron chi connectivity index (χ4n) is 7.42. The van der Waals surface area contributed by atoms with Crippen molar-refractivity contribution in [2.45, 2.75) is 0 Å². The molecule has 0 fully saturated rings. The molecule has 49 heavy (non-hydrogen) atoms. The van der Waals surface area contributed by atoms with Crippen LogP contribution >= 0.6 is 11.3 Å². The Morgan fingerprint density at radius 1 is 0.367 bits per heavy atom. The summed E-state index contributed by atoms with van der Waals surface area (Å²) in [5.74, 6) is 0.725. The highest BCUT2D eigenvalue weighted by atomic mass is 32.1. The Balaban J connectivity index is 1.28. The van der Waals surface area contributed by atoms with Crippen molar-refractivity contribution in [3.63, 3.8) is 0 Å². The van der Waals surface area contributed by atoms with Crippen LogP contribution in [0.15, 0.2) is 170 Å². The molecular formula is C46H28N2S. The lowest BCUT2D eigenvalue weighted by atomic mass is 9.92. The third-order valence-electron chi connectivity index (χ3n) is 9.69. The molecule has 3 heteroatoms. The summed E-state index contributed by atoms with van der Waals surface area (Å²) in [5.41, 5.74) is 7.39. The topological polar surface area (TPSA) is 25.8 Å². The van der Waals surface area contributed by atoms with Crippen LogP contribution in [0.3, 0.4) is 0 Å². The molecule has 10 rings (SSSR count). The maximum absolute atomic E-state index is 5.48. The molecule has 0 N–H and O–H groups in total. The van der Waals surface area contributed by atoms with Crippen molar-refractivity contribution in [2.75, 3.05) is 0 Å². The van der Waals surface area contributed by atoms with E-state index in [-0.39, 0.29) is 0 Å². The van der Waals surface area contributed by atoms with Gasteiger partial charge in [0.25, 0.3) is 0 Å². The molecule has 10 aromatic rings. The van der Waals surface area contributed by atoms with Crippen LogP contribution in [0.2, 0.25) is 0 Å². The molecule has 0 saturated heterocycles. The normalized spacial score (nSPS) is 11.7. The quantitative estimate of drug-likeness (QED) is 0.141. The highest BCUT2D eigenvalue weighted by molar-refractivity contribution is 7.26. The number of nitrogens with zero attached hydrogens (tertiary/aromatic N) is 2. The molecule has 0 saturated carbocycles. The average Bonchev–Trinajstić information content (AvgIpc) is 3.56. The molecule has 0 aliphatic rings. The zero-order chi connectivity index (χ0) is 32.3. The Bertz CT molecular complexity index is 2890. The first-order valence-electron chi connectivity index (χ1n) is 16.6. The lowest BCUT2D eigenvalue weighted by molar-refractivity contribution is 1.19. The van der Waals surface area contributed by atoms with E-state index >= 15 is 0 Å². The molecule has 0 amide bonds. The van der Waals surface area contributed by atoms with Gasteiger partial charge in [0.1, 0.15) is 0 Å². The molecule has 2 nitrogen and oxygen atoms in total. The van der Waals surface area contributed by atoms with Crippen LogP contribution in [0, 0.1) is 0 Å². The van der Waals surface area contributed by atoms with Crippen LogP contribution in [-0.4, -0.2) is 9.97 Å². The predicted molar refractivity (Wildman–Crippen MR) is 209 cm³/mol. The smallest absolute Gasteiger partial charge is 0.161 e. The Hall–Kier alpha value is -6.16. The lowest BCUT2D eigenvalue weighted by Gasteiger charge is -2.16. The van der Waals surface area contributed by atoms with Crippen molar-refractivity contribution in [3.8, 4) is 45.0 Å². The first-order chi connectivity index (χ1) is 24.3. The van der Waals surface area contributed by atoms with Crippen molar-refractivity contribution in [1.29, 1.82) is 0 Å². The number of benzene rings is 8. The van der Waals surface area contributed by atoms with Crippen LogP contribution in [0.25, 0.3) is 97.5 Å². The SMILES string of the molecule is c1ccc(-c2cc(-c3ccccc3-c3cccc4c3sc3ccccc34)nc(-c3c4ccccc4cc4c3ccc3ccccc34)n2)cc1. The minimum Gasteiger partial charge on any atom is -0.228 e. The Kier molecular flexibility index (Phi) is 6.39. The summed E-state index contributed by atoms with van der Waals surface area (Å²) in [6.45, 7) is 0. The first kappa shape index (κ1) is 27.9. The van der Waals surface area contributed by atoms with Gasteiger partial charge in [-0.25, -0.2) is 9.97 Å². The Morgan fingerprint density at radius 2 is 1.02 bits per heavy atom. The summed E-state index contributed by atoms with van der Waals surface area (Å²) in [5, 5.41) is 9.71. The van der Waals surface area contributed by atoms with Gasteiger partial charge in [0.15, 0.2) is 5.82 Å². The van der Waals surface area contributed by atoms with Crippen LogP contribution < -0.4 is 0 Å². The molecule has 0 spiro atoms. The number of aromatic nitrogens is 2. The molecule has 0 atom stereocenters. The molecule has 2 heterocycles. The maximum Gasteiger partial charge on any atom is 0.161 e. The summed E-state index contributed by atoms with van der Waals surface area (Å²) in [4.78, 5) is 10.8. The van der Waals surface area contributed by atoms with E-state index in [4.69, 9.17) is 9.97 Å². The van der Waals surface area contributed by atoms with Crippen molar-refractivity contribution >= 4 is 63.8 Å². The van der Waals surface area contributed by atoms with Gasteiger partial charge in [-0.2, -0.15) is 0 Å². The van der Waals surface area contributed by atoms with Gasteiger partial charge in [-0.1, -0.05) is 152 Å². The van der Waals surface area contributed by atoms with E-state index in [2.05, 4.69) is 170 Å². The highest BCUT2D eigenvalue weighted by Gasteiger charge is 2.20. The molecule has 0 unspecified atom stereocenters. The van der Waals surface area contributed by atoms with Crippen LogP contribution in [0.4, 0.5) is 0 Å². The number of fused-ring (bicyclic) bond motifs is 7. The first-order valence-corrected chi connectivity index (χ1v) is 17.4. The van der Waals surface area contributed by atoms with Crippen LogP contribution in [0.5, 0.6) is 0 Å². The fraction of sp³-hybridized carbons (Fsp3) is 0. The third-order valence-corrected chi connectivity index (χ3v) is 10.9. The van der Waals surface area contributed by atoms with E-state index in [9.17, 15) is 0 Å². The molecule has 2 aromatic heterocycles. The van der Waals surface area contributed by atoms with E-state index in [0.29, 0.717) is 0 Å². The van der Waals surface area contributed by atoms with E-state index in [1.54, 1.807) is 0 Å². The number of rotatable bonds is 4. The Morgan fingerprint density at radius 3 is 1.90 bits per heavy atom. The average molecular weight is 641 g/mol. The van der Waals surface area contributed by atoms with Crippen molar-refractivity contribution in [2.24, 2.45) is 0 Å². The summed E-state index contributed by atoms with van der Waals surface area (Å²) in [6, 6.07) is 60.7. The molecular weight excluding hydrogens is 613 g/mol. The monoisotopic (exact) mass is 640 g/mol. The van der Waals surface area contributed by atoms with Crippen molar-refractivity contribution in [3.05, 3.63) is 170 Å². The van der Waals surface area contributed by atoms with Crippen LogP contribution in [0.1, 0.15) is 0 Å². The van der Waals surface area contributed by atoms with Crippen LogP contribution in [-0.2, 0) is 0 Å². The molecule has 8 aromatic carbocycles. The lowest BCUT2D eigenvalue weighted by Crippen LogP contribution is -1.98. The number of thiophene rings is 1. The standard InChI is InChI=1S/C46H28N2S/c1-2-14-30(15-3-1)41-28-42(35-20-9-8-19-34(35)38-22-12-23-39-36-21-10-11-24-43(36)49-45(38)39)48-46(47-41)44-33-18-7-5-16-31(33)27-40-32-17-6-4-13-29(32)25-26-37(40)44/h1-28H. The van der Waals surface area contributed by atoms with Gasteiger partial charge in [-0.05, 0) is 56.1 Å². The van der Waals surface area contributed by atoms with Gasteiger partial charge in [0.2, 0.25) is 0 Å². The zero-order valence-electron chi connectivity index (χ0n) is 26.5. The second-order valence-corrected chi connectivity index (χ2v) is 13.6. The maximum atomic E-state index is 5.48. The van der Waals surface area contributed by atoms with Gasteiger partial charge in [-0.15, -0.1) is 11.3 Å². The predicted octanol–water partition coefficient (Wildman–Crippen LogP) is 13.0. The summed E-state index contributed by atoms with van der Waals surface area (Å²) in [7, 11) is 0. The zero-order valence-corrected chi connectivity index (χ0v) is 27.3. The van der Waals surface area contributed by atoms with Gasteiger partial charge < -0.3 is 0 Å². The van der Waals surface area contributed by atoms with E-state index in [0.717, 1.165) is 50.2 Å². The van der Waals surface area contributed by atoms with E-state index < -0.39 is 0 Å². The van der Waals surface area contributed by atoms with Gasteiger partial charge in [0, 0.05) is 42.4 Å². The third kappa shape index (κ3) is 4.55. The molecule has 0 bridgehead atoms. The molecule has 0 aliphatic heterocycles. The largest absolute Gasteiger partial charge is 0.228 e. The number of hydrogen-bond acceptors (Lipinski definition) is 3. The summed E-state index contributed by atoms with van der Waals surface area (Å²) in [6.07, 6.45) is 0. The van der Waals surface area contributed by atoms with Gasteiger partial charge >= 0.3 is 0 Å². The molecule has 228 valence electrons.